The topological polar surface area (TPSA) is 120 Å². The van der Waals surface area contributed by atoms with Crippen LogP contribution in [-0.2, 0) is 28.5 Å². The average Bonchev–Trinajstić information content (AvgIpc) is 2.38. The van der Waals surface area contributed by atoms with Gasteiger partial charge in [0.1, 0.15) is 18.8 Å². The highest BCUT2D eigenvalue weighted by Gasteiger charge is 2.41. The van der Waals surface area contributed by atoms with Crippen LogP contribution in [0.15, 0.2) is 5.11 Å². The summed E-state index contributed by atoms with van der Waals surface area (Å²) in [6.07, 6.45) is -1.96. The lowest BCUT2D eigenvalue weighted by molar-refractivity contribution is -0.234. The highest BCUT2D eigenvalue weighted by molar-refractivity contribution is 5.66. The first kappa shape index (κ1) is 16.2. The molecule has 1 aliphatic heterocycles. The Balaban J connectivity index is 2.88. The van der Waals surface area contributed by atoms with Gasteiger partial charge in [0.05, 0.1) is 6.04 Å². The summed E-state index contributed by atoms with van der Waals surface area (Å²) in [6, 6.07) is -0.650. The number of rotatable bonds is 5. The third kappa shape index (κ3) is 4.69. The molecule has 0 aromatic rings. The number of methoxy groups -OCH3 is 1. The van der Waals surface area contributed by atoms with Crippen LogP contribution in [0.25, 0.3) is 10.4 Å². The predicted octanol–water partition coefficient (Wildman–Crippen LogP) is 0.921. The van der Waals surface area contributed by atoms with Crippen molar-refractivity contribution in [1.82, 2.24) is 0 Å². The smallest absolute Gasteiger partial charge is 0.303 e. The summed E-state index contributed by atoms with van der Waals surface area (Å²) in [5, 5.41) is 3.60. The van der Waals surface area contributed by atoms with Crippen LogP contribution >= 0.6 is 0 Å². The molecule has 0 bridgehead atoms. The summed E-state index contributed by atoms with van der Waals surface area (Å²) in [5.74, 6) is -1.03. The van der Waals surface area contributed by atoms with E-state index in [1.807, 2.05) is 0 Å². The summed E-state index contributed by atoms with van der Waals surface area (Å²) < 4.78 is 20.6. The van der Waals surface area contributed by atoms with Crippen molar-refractivity contribution in [2.45, 2.75) is 44.8 Å². The molecule has 4 atom stereocenters. The standard InChI is InChI=1S/C11H17N3O6/c1-6(15)18-5-9-11(19-7(2)16)8(13-14-12)4-10(17-3)20-9/h8-11H,4-5H2,1-3H3/t8-,9+,10-,11+/m0/s1. The van der Waals surface area contributed by atoms with Crippen molar-refractivity contribution < 1.29 is 28.5 Å². The Morgan fingerprint density at radius 2 is 2.10 bits per heavy atom. The zero-order valence-electron chi connectivity index (χ0n) is 11.5. The zero-order valence-corrected chi connectivity index (χ0v) is 11.5. The Labute approximate surface area is 115 Å². The highest BCUT2D eigenvalue weighted by Crippen LogP contribution is 2.26. The third-order valence-corrected chi connectivity index (χ3v) is 2.72. The molecule has 0 N–H and O–H groups in total. The summed E-state index contributed by atoms with van der Waals surface area (Å²) in [6.45, 7) is 2.37. The fraction of sp³-hybridized carbons (Fsp3) is 0.818. The first-order valence-electron chi connectivity index (χ1n) is 6.01. The second-order valence-corrected chi connectivity index (χ2v) is 4.22. The van der Waals surface area contributed by atoms with Gasteiger partial charge in [0.25, 0.3) is 0 Å². The van der Waals surface area contributed by atoms with Crippen molar-refractivity contribution in [3.8, 4) is 0 Å². The fourth-order valence-electron chi connectivity index (χ4n) is 1.92. The maximum absolute atomic E-state index is 11.1. The molecule has 1 aliphatic rings. The van der Waals surface area contributed by atoms with Gasteiger partial charge in [-0.25, -0.2) is 0 Å². The Morgan fingerprint density at radius 3 is 2.60 bits per heavy atom. The minimum atomic E-state index is -0.825. The van der Waals surface area contributed by atoms with Crippen molar-refractivity contribution in [1.29, 1.82) is 0 Å². The molecule has 1 fully saturated rings. The second-order valence-electron chi connectivity index (χ2n) is 4.22. The van der Waals surface area contributed by atoms with Crippen LogP contribution in [0.3, 0.4) is 0 Å². The fourth-order valence-corrected chi connectivity index (χ4v) is 1.92. The molecule has 1 heterocycles. The monoisotopic (exact) mass is 287 g/mol. The van der Waals surface area contributed by atoms with Crippen LogP contribution in [0.5, 0.6) is 0 Å². The van der Waals surface area contributed by atoms with Crippen LogP contribution in [-0.4, -0.2) is 50.2 Å². The molecule has 112 valence electrons. The van der Waals surface area contributed by atoms with Gasteiger partial charge >= 0.3 is 11.9 Å². The molecule has 1 rings (SSSR count). The lowest BCUT2D eigenvalue weighted by atomic mass is 9.99. The number of hydrogen-bond donors (Lipinski definition) is 0. The second kappa shape index (κ2) is 7.68. The van der Waals surface area contributed by atoms with Gasteiger partial charge in [-0.3, -0.25) is 9.59 Å². The van der Waals surface area contributed by atoms with Crippen molar-refractivity contribution >= 4 is 11.9 Å². The number of ether oxygens (including phenoxy) is 4. The molecular weight excluding hydrogens is 270 g/mol. The van der Waals surface area contributed by atoms with E-state index in [-0.39, 0.29) is 13.0 Å². The molecule has 0 amide bonds. The van der Waals surface area contributed by atoms with Crippen LogP contribution in [0.2, 0.25) is 0 Å². The van der Waals surface area contributed by atoms with Crippen molar-refractivity contribution in [3.05, 3.63) is 10.4 Å². The zero-order chi connectivity index (χ0) is 15.1. The molecular formula is C11H17N3O6. The Hall–Kier alpha value is -1.83. The predicted molar refractivity (Wildman–Crippen MR) is 65.4 cm³/mol. The van der Waals surface area contributed by atoms with Gasteiger partial charge in [-0.05, 0) is 5.53 Å². The summed E-state index contributed by atoms with van der Waals surface area (Å²) in [7, 11) is 1.44. The van der Waals surface area contributed by atoms with E-state index >= 15 is 0 Å². The average molecular weight is 287 g/mol. The van der Waals surface area contributed by atoms with Crippen LogP contribution < -0.4 is 0 Å². The first-order valence-corrected chi connectivity index (χ1v) is 6.01. The normalized spacial score (nSPS) is 29.1. The van der Waals surface area contributed by atoms with Gasteiger partial charge in [0.15, 0.2) is 6.29 Å². The van der Waals surface area contributed by atoms with Gasteiger partial charge in [0.2, 0.25) is 0 Å². The van der Waals surface area contributed by atoms with Gasteiger partial charge in [-0.15, -0.1) is 0 Å². The van der Waals surface area contributed by atoms with E-state index in [1.165, 1.54) is 21.0 Å². The molecule has 0 spiro atoms. The highest BCUT2D eigenvalue weighted by atomic mass is 16.7. The summed E-state index contributed by atoms with van der Waals surface area (Å²) in [4.78, 5) is 24.7. The Morgan fingerprint density at radius 1 is 1.40 bits per heavy atom. The van der Waals surface area contributed by atoms with Crippen molar-refractivity contribution in [3.63, 3.8) is 0 Å². The lowest BCUT2D eigenvalue weighted by Crippen LogP contribution is -2.52. The van der Waals surface area contributed by atoms with E-state index in [0.29, 0.717) is 0 Å². The number of carbonyl (C=O) groups excluding carboxylic acids is 2. The molecule has 1 saturated heterocycles. The SMILES string of the molecule is CO[C@@H]1C[C@H](N=[N+]=[N-])[C@@H](OC(C)=O)[C@@H](COC(C)=O)O1. The molecule has 0 aliphatic carbocycles. The Kier molecular flexibility index (Phi) is 6.23. The number of azide groups is 1. The maximum Gasteiger partial charge on any atom is 0.303 e. The third-order valence-electron chi connectivity index (χ3n) is 2.72. The minimum absolute atomic E-state index is 0.120. The molecule has 0 saturated carbocycles. The summed E-state index contributed by atoms with van der Waals surface area (Å²) >= 11 is 0. The number of carbonyl (C=O) groups is 2. The number of hydrogen-bond acceptors (Lipinski definition) is 7. The van der Waals surface area contributed by atoms with Crippen LogP contribution in [0.4, 0.5) is 0 Å². The first-order chi connectivity index (χ1) is 9.47. The van der Waals surface area contributed by atoms with Gasteiger partial charge < -0.3 is 18.9 Å². The molecule has 0 aromatic carbocycles. The van der Waals surface area contributed by atoms with E-state index in [1.54, 1.807) is 0 Å². The number of nitrogens with zero attached hydrogens (tertiary/aromatic N) is 3. The van der Waals surface area contributed by atoms with E-state index in [4.69, 9.17) is 24.5 Å². The van der Waals surface area contributed by atoms with Crippen LogP contribution in [0, 0.1) is 0 Å². The molecule has 9 nitrogen and oxygen atoms in total. The number of esters is 2. The Bertz CT molecular complexity index is 409. The molecule has 9 heteroatoms. The van der Waals surface area contributed by atoms with E-state index < -0.39 is 36.5 Å². The van der Waals surface area contributed by atoms with Crippen LogP contribution in [0.1, 0.15) is 20.3 Å². The quantitative estimate of drug-likeness (QED) is 0.321. The van der Waals surface area contributed by atoms with Gasteiger partial charge in [0, 0.05) is 32.3 Å². The van der Waals surface area contributed by atoms with E-state index in [9.17, 15) is 9.59 Å². The van der Waals surface area contributed by atoms with E-state index in [2.05, 4.69) is 10.0 Å². The van der Waals surface area contributed by atoms with Gasteiger partial charge in [-0.2, -0.15) is 0 Å². The van der Waals surface area contributed by atoms with E-state index in [0.717, 1.165) is 0 Å². The summed E-state index contributed by atoms with van der Waals surface area (Å²) in [5.41, 5.74) is 8.58. The lowest BCUT2D eigenvalue weighted by Gasteiger charge is -2.38. The van der Waals surface area contributed by atoms with Crippen molar-refractivity contribution in [2.75, 3.05) is 13.7 Å². The molecule has 20 heavy (non-hydrogen) atoms. The minimum Gasteiger partial charge on any atom is -0.463 e. The molecule has 0 radical (unpaired) electrons. The maximum atomic E-state index is 11.1. The largest absolute Gasteiger partial charge is 0.463 e. The van der Waals surface area contributed by atoms with Gasteiger partial charge in [-0.1, -0.05) is 5.11 Å². The molecule has 0 unspecified atom stereocenters. The molecule has 0 aromatic heterocycles. The van der Waals surface area contributed by atoms with Crippen molar-refractivity contribution in [2.24, 2.45) is 5.11 Å².